The molecule has 144 valence electrons. The van der Waals surface area contributed by atoms with E-state index in [-0.39, 0.29) is 6.42 Å². The van der Waals surface area contributed by atoms with Gasteiger partial charge in [0.05, 0.1) is 18.3 Å². The molecule has 4 N–H and O–H groups in total. The van der Waals surface area contributed by atoms with Crippen molar-refractivity contribution in [2.75, 3.05) is 0 Å². The van der Waals surface area contributed by atoms with Crippen LogP contribution in [0.1, 0.15) is 64.7 Å². The van der Waals surface area contributed by atoms with Crippen molar-refractivity contribution in [2.24, 2.45) is 0 Å². The van der Waals surface area contributed by atoms with Gasteiger partial charge in [-0.2, -0.15) is 0 Å². The molecule has 0 bridgehead atoms. The van der Waals surface area contributed by atoms with E-state index in [1.54, 1.807) is 12.2 Å². The third-order valence-corrected chi connectivity index (χ3v) is 3.77. The highest BCUT2D eigenvalue weighted by molar-refractivity contribution is 5.66. The molecule has 5 nitrogen and oxygen atoms in total. The number of aliphatic carboxylic acids is 1. The van der Waals surface area contributed by atoms with Crippen LogP contribution >= 0.6 is 0 Å². The molecule has 0 amide bonds. The van der Waals surface area contributed by atoms with Gasteiger partial charge in [0.2, 0.25) is 0 Å². The first kappa shape index (κ1) is 23.6. The molecule has 5 heteroatoms. The van der Waals surface area contributed by atoms with Crippen LogP contribution in [0.5, 0.6) is 0 Å². The molecule has 0 aromatic rings. The molecule has 0 heterocycles. The minimum absolute atomic E-state index is 0.186. The van der Waals surface area contributed by atoms with Crippen LogP contribution in [-0.4, -0.2) is 44.7 Å². The molecule has 0 aliphatic heterocycles. The minimum atomic E-state index is -0.989. The Kier molecular flexibility index (Phi) is 15.1. The highest BCUT2D eigenvalue weighted by Crippen LogP contribution is 2.07. The van der Waals surface area contributed by atoms with E-state index in [9.17, 15) is 20.1 Å². The Balaban J connectivity index is 3.86. The average molecular weight is 354 g/mol. The van der Waals surface area contributed by atoms with Crippen molar-refractivity contribution in [3.63, 3.8) is 0 Å². The first-order valence-corrected chi connectivity index (χ1v) is 9.21. The third-order valence-electron chi connectivity index (χ3n) is 3.77. The number of allylic oxidation sites excluding steroid dienone is 3. The van der Waals surface area contributed by atoms with Crippen LogP contribution in [0.25, 0.3) is 0 Å². The molecule has 0 spiro atoms. The number of carboxylic acids is 1. The number of unbranched alkanes of at least 4 members (excludes halogenated alkanes) is 3. The van der Waals surface area contributed by atoms with Gasteiger partial charge in [-0.15, -0.1) is 0 Å². The molecule has 0 aromatic carbocycles. The summed E-state index contributed by atoms with van der Waals surface area (Å²) in [5.41, 5.74) is 0. The van der Waals surface area contributed by atoms with E-state index >= 15 is 0 Å². The number of aliphatic hydroxyl groups is 3. The van der Waals surface area contributed by atoms with Crippen molar-refractivity contribution in [2.45, 2.75) is 83.0 Å². The topological polar surface area (TPSA) is 98.0 Å². The third kappa shape index (κ3) is 15.8. The number of hydrogen-bond acceptors (Lipinski definition) is 4. The number of rotatable bonds is 15. The first-order chi connectivity index (χ1) is 12.0. The Morgan fingerprint density at radius 1 is 0.960 bits per heavy atom. The highest BCUT2D eigenvalue weighted by Gasteiger charge is 2.11. The van der Waals surface area contributed by atoms with Gasteiger partial charge < -0.3 is 20.4 Å². The van der Waals surface area contributed by atoms with Crippen molar-refractivity contribution >= 4 is 5.97 Å². The van der Waals surface area contributed by atoms with Gasteiger partial charge in [-0.1, -0.05) is 62.6 Å². The van der Waals surface area contributed by atoms with Crippen LogP contribution in [0.2, 0.25) is 0 Å². The van der Waals surface area contributed by atoms with Crippen LogP contribution in [0.15, 0.2) is 36.5 Å². The molecule has 25 heavy (non-hydrogen) atoms. The van der Waals surface area contributed by atoms with Crippen LogP contribution in [0, 0.1) is 0 Å². The molecule has 0 saturated carbocycles. The molecule has 3 atom stereocenters. The maximum Gasteiger partial charge on any atom is 0.303 e. The molecule has 0 saturated heterocycles. The quantitative estimate of drug-likeness (QED) is 0.267. The average Bonchev–Trinajstić information content (AvgIpc) is 2.57. The summed E-state index contributed by atoms with van der Waals surface area (Å²) in [4.78, 5) is 10.3. The second kappa shape index (κ2) is 16.1. The van der Waals surface area contributed by atoms with E-state index < -0.39 is 24.3 Å². The molecular formula is C20H34O5. The number of aliphatic hydroxyl groups excluding tert-OH is 3. The summed E-state index contributed by atoms with van der Waals surface area (Å²) in [6.45, 7) is 2.10. The lowest BCUT2D eigenvalue weighted by Crippen LogP contribution is -2.23. The SMILES string of the molecule is CCCCCC(O)/C=C/C(O)C(O)C/C=C\C/C=C\CCCC(=O)O. The van der Waals surface area contributed by atoms with Gasteiger partial charge in [0.15, 0.2) is 0 Å². The number of carboxylic acid groups (broad SMARTS) is 1. The van der Waals surface area contributed by atoms with E-state index in [1.807, 2.05) is 18.2 Å². The maximum atomic E-state index is 10.3. The smallest absolute Gasteiger partial charge is 0.303 e. The Morgan fingerprint density at radius 2 is 1.68 bits per heavy atom. The van der Waals surface area contributed by atoms with Crippen LogP contribution < -0.4 is 0 Å². The van der Waals surface area contributed by atoms with Crippen LogP contribution in [-0.2, 0) is 4.79 Å². The molecule has 0 fully saturated rings. The van der Waals surface area contributed by atoms with Crippen LogP contribution in [0.3, 0.4) is 0 Å². The Morgan fingerprint density at radius 3 is 2.36 bits per heavy atom. The molecule has 0 aromatic heterocycles. The molecule has 3 unspecified atom stereocenters. The fourth-order valence-electron chi connectivity index (χ4n) is 2.21. The van der Waals surface area contributed by atoms with Crippen molar-refractivity contribution in [1.29, 1.82) is 0 Å². The summed E-state index contributed by atoms with van der Waals surface area (Å²) in [5.74, 6) is -0.775. The molecule has 0 aliphatic carbocycles. The van der Waals surface area contributed by atoms with Crippen molar-refractivity contribution in [3.8, 4) is 0 Å². The Labute approximate surface area is 151 Å². The Bertz CT molecular complexity index is 414. The zero-order chi connectivity index (χ0) is 18.9. The second-order valence-electron chi connectivity index (χ2n) is 6.21. The zero-order valence-electron chi connectivity index (χ0n) is 15.3. The minimum Gasteiger partial charge on any atom is -0.481 e. The van der Waals surface area contributed by atoms with E-state index in [4.69, 9.17) is 5.11 Å². The van der Waals surface area contributed by atoms with Gasteiger partial charge in [0.25, 0.3) is 0 Å². The van der Waals surface area contributed by atoms with Crippen molar-refractivity contribution in [3.05, 3.63) is 36.5 Å². The van der Waals surface area contributed by atoms with Gasteiger partial charge in [0, 0.05) is 6.42 Å². The van der Waals surface area contributed by atoms with E-state index in [0.717, 1.165) is 25.7 Å². The summed E-state index contributed by atoms with van der Waals surface area (Å²) in [6.07, 6.45) is 14.6. The fraction of sp³-hybridized carbons (Fsp3) is 0.650. The van der Waals surface area contributed by atoms with E-state index in [0.29, 0.717) is 25.7 Å². The normalized spacial score (nSPS) is 16.0. The van der Waals surface area contributed by atoms with Gasteiger partial charge in [-0.3, -0.25) is 4.79 Å². The largest absolute Gasteiger partial charge is 0.481 e. The molecule has 0 aliphatic rings. The summed E-state index contributed by atoms with van der Waals surface area (Å²) >= 11 is 0. The first-order valence-electron chi connectivity index (χ1n) is 9.21. The van der Waals surface area contributed by atoms with Gasteiger partial charge in [-0.25, -0.2) is 0 Å². The Hall–Kier alpha value is -1.43. The van der Waals surface area contributed by atoms with Crippen LogP contribution in [0.4, 0.5) is 0 Å². The lowest BCUT2D eigenvalue weighted by molar-refractivity contribution is -0.137. The lowest BCUT2D eigenvalue weighted by atomic mass is 10.1. The standard InChI is InChI=1S/C20H34O5/c1-2-3-9-12-17(21)15-16-19(23)18(22)13-10-7-5-4-6-8-11-14-20(24)25/h4,6-7,10,15-19,21-23H,2-3,5,8-9,11-14H2,1H3,(H,24,25)/b6-4-,10-7-,16-15+. The summed E-state index contributed by atoms with van der Waals surface area (Å²) in [5, 5.41) is 37.9. The number of hydrogen-bond donors (Lipinski definition) is 4. The van der Waals surface area contributed by atoms with Gasteiger partial charge in [-0.05, 0) is 32.1 Å². The monoisotopic (exact) mass is 354 g/mol. The summed E-state index contributed by atoms with van der Waals surface area (Å²) in [6, 6.07) is 0. The van der Waals surface area contributed by atoms with E-state index in [1.165, 1.54) is 6.08 Å². The maximum absolute atomic E-state index is 10.3. The second-order valence-corrected chi connectivity index (χ2v) is 6.21. The number of carbonyl (C=O) groups is 1. The van der Waals surface area contributed by atoms with E-state index in [2.05, 4.69) is 6.92 Å². The predicted molar refractivity (Wildman–Crippen MR) is 100 cm³/mol. The van der Waals surface area contributed by atoms with Crippen molar-refractivity contribution in [1.82, 2.24) is 0 Å². The molecule has 0 radical (unpaired) electrons. The fourth-order valence-corrected chi connectivity index (χ4v) is 2.21. The zero-order valence-corrected chi connectivity index (χ0v) is 15.3. The molecule has 0 rings (SSSR count). The summed E-state index contributed by atoms with van der Waals surface area (Å²) < 4.78 is 0. The van der Waals surface area contributed by atoms with Gasteiger partial charge in [0.1, 0.15) is 0 Å². The lowest BCUT2D eigenvalue weighted by Gasteiger charge is -2.13. The van der Waals surface area contributed by atoms with Gasteiger partial charge >= 0.3 is 5.97 Å². The predicted octanol–water partition coefficient (Wildman–Crippen LogP) is 3.35. The highest BCUT2D eigenvalue weighted by atomic mass is 16.4. The molecular weight excluding hydrogens is 320 g/mol. The van der Waals surface area contributed by atoms with Crippen molar-refractivity contribution < 1.29 is 25.2 Å². The summed E-state index contributed by atoms with van der Waals surface area (Å²) in [7, 11) is 0.